The Hall–Kier alpha value is -3.89. The van der Waals surface area contributed by atoms with Gasteiger partial charge in [0.05, 0.1) is 15.5 Å². The summed E-state index contributed by atoms with van der Waals surface area (Å²) in [6, 6.07) is 36.5. The molecule has 1 aromatic heterocycles. The minimum Gasteiger partial charge on any atom is -0.358 e. The van der Waals surface area contributed by atoms with Crippen LogP contribution >= 0.6 is 0 Å². The Morgan fingerprint density at radius 3 is 1.82 bits per heavy atom. The van der Waals surface area contributed by atoms with Crippen LogP contribution in [-0.2, 0) is 16.3 Å². The Morgan fingerprint density at radius 2 is 1.18 bits per heavy atom. The first-order valence-electron chi connectivity index (χ1n) is 11.3. The van der Waals surface area contributed by atoms with Gasteiger partial charge in [0.15, 0.2) is 0 Å². The highest BCUT2D eigenvalue weighted by molar-refractivity contribution is 7.91. The second-order valence-electron chi connectivity index (χ2n) is 8.31. The van der Waals surface area contributed by atoms with E-state index in [0.717, 1.165) is 39.2 Å². The number of benzene rings is 4. The summed E-state index contributed by atoms with van der Waals surface area (Å²) in [6.07, 6.45) is 0.502. The topological polar surface area (TPSA) is 49.9 Å². The molecule has 0 saturated carbocycles. The van der Waals surface area contributed by atoms with Gasteiger partial charge >= 0.3 is 0 Å². The lowest BCUT2D eigenvalue weighted by molar-refractivity contribution is 0.595. The van der Waals surface area contributed by atoms with E-state index in [1.807, 2.05) is 54.6 Å². The molecular formula is C30H25NO2S. The van der Waals surface area contributed by atoms with Crippen LogP contribution in [0.5, 0.6) is 0 Å². The minimum absolute atomic E-state index is 0.307. The molecule has 0 unspecified atom stereocenters. The Balaban J connectivity index is 1.67. The van der Waals surface area contributed by atoms with Crippen molar-refractivity contribution in [1.29, 1.82) is 0 Å². The fraction of sp³-hybridized carbons (Fsp3) is 0.0667. The Morgan fingerprint density at radius 1 is 0.647 bits per heavy atom. The standard InChI is InChI=1S/C30H25NO2S/c1-22-27(21-25-17-11-12-20-28(25)34(32,33)26-18-9-4-10-19-26)29(23-13-5-2-6-14-23)30(31-22)24-15-7-3-8-16-24/h2-20,31H,21H2,1H3. The van der Waals surface area contributed by atoms with Gasteiger partial charge in [-0.3, -0.25) is 0 Å². The van der Waals surface area contributed by atoms with Gasteiger partial charge in [0.25, 0.3) is 0 Å². The first kappa shape index (κ1) is 21.9. The molecule has 4 heteroatoms. The molecule has 0 aliphatic rings. The van der Waals surface area contributed by atoms with Crippen molar-refractivity contribution in [2.24, 2.45) is 0 Å². The van der Waals surface area contributed by atoms with E-state index in [-0.39, 0.29) is 0 Å². The zero-order chi connectivity index (χ0) is 23.5. The summed E-state index contributed by atoms with van der Waals surface area (Å²) in [5.74, 6) is 0. The summed E-state index contributed by atoms with van der Waals surface area (Å²) in [5.41, 5.74) is 7.26. The van der Waals surface area contributed by atoms with Crippen molar-refractivity contribution in [1.82, 2.24) is 4.98 Å². The quantitative estimate of drug-likeness (QED) is 0.292. The van der Waals surface area contributed by atoms with Gasteiger partial charge in [-0.2, -0.15) is 0 Å². The first-order chi connectivity index (χ1) is 16.6. The lowest BCUT2D eigenvalue weighted by atomic mass is 9.93. The molecule has 5 aromatic rings. The molecule has 0 aliphatic heterocycles. The number of aromatic nitrogens is 1. The van der Waals surface area contributed by atoms with Crippen LogP contribution in [0.4, 0.5) is 0 Å². The van der Waals surface area contributed by atoms with Crippen molar-refractivity contribution in [3.8, 4) is 22.4 Å². The lowest BCUT2D eigenvalue weighted by Crippen LogP contribution is -2.06. The number of hydrogen-bond donors (Lipinski definition) is 1. The van der Waals surface area contributed by atoms with E-state index in [0.29, 0.717) is 16.2 Å². The fourth-order valence-electron chi connectivity index (χ4n) is 4.46. The summed E-state index contributed by atoms with van der Waals surface area (Å²) in [4.78, 5) is 4.24. The van der Waals surface area contributed by atoms with Crippen LogP contribution in [0.1, 0.15) is 16.8 Å². The number of aromatic amines is 1. The smallest absolute Gasteiger partial charge is 0.206 e. The van der Waals surface area contributed by atoms with E-state index in [1.54, 1.807) is 36.4 Å². The van der Waals surface area contributed by atoms with Crippen LogP contribution in [0.2, 0.25) is 0 Å². The van der Waals surface area contributed by atoms with Gasteiger partial charge in [-0.25, -0.2) is 8.42 Å². The van der Waals surface area contributed by atoms with E-state index in [4.69, 9.17) is 0 Å². The highest BCUT2D eigenvalue weighted by Gasteiger charge is 2.24. The van der Waals surface area contributed by atoms with Gasteiger partial charge in [-0.15, -0.1) is 0 Å². The molecule has 3 nitrogen and oxygen atoms in total. The van der Waals surface area contributed by atoms with Crippen molar-refractivity contribution in [3.05, 3.63) is 132 Å². The van der Waals surface area contributed by atoms with Gasteiger partial charge < -0.3 is 4.98 Å². The third kappa shape index (κ3) is 4.09. The maximum atomic E-state index is 13.5. The van der Waals surface area contributed by atoms with Gasteiger partial charge in [-0.05, 0) is 47.4 Å². The third-order valence-electron chi connectivity index (χ3n) is 6.12. The van der Waals surface area contributed by atoms with Crippen LogP contribution in [0, 0.1) is 6.92 Å². The van der Waals surface area contributed by atoms with Crippen molar-refractivity contribution in [2.45, 2.75) is 23.1 Å². The Bertz CT molecular complexity index is 1520. The second kappa shape index (κ2) is 9.16. The average Bonchev–Trinajstić information content (AvgIpc) is 3.21. The molecule has 1 N–H and O–H groups in total. The highest BCUT2D eigenvalue weighted by Crippen LogP contribution is 2.38. The summed E-state index contributed by atoms with van der Waals surface area (Å²) in [5, 5.41) is 0. The van der Waals surface area contributed by atoms with Crippen LogP contribution in [0.3, 0.4) is 0 Å². The molecule has 0 bridgehead atoms. The lowest BCUT2D eigenvalue weighted by Gasteiger charge is -2.13. The molecule has 168 valence electrons. The molecule has 5 rings (SSSR count). The van der Waals surface area contributed by atoms with Crippen molar-refractivity contribution in [2.75, 3.05) is 0 Å². The van der Waals surface area contributed by atoms with E-state index < -0.39 is 9.84 Å². The first-order valence-corrected chi connectivity index (χ1v) is 12.7. The number of aryl methyl sites for hydroxylation is 1. The number of nitrogens with one attached hydrogen (secondary N) is 1. The number of sulfone groups is 1. The molecule has 34 heavy (non-hydrogen) atoms. The predicted octanol–water partition coefficient (Wildman–Crippen LogP) is 7.08. The Kier molecular flexibility index (Phi) is 5.91. The molecule has 0 saturated heterocycles. The fourth-order valence-corrected chi connectivity index (χ4v) is 5.97. The van der Waals surface area contributed by atoms with Gasteiger partial charge in [-0.1, -0.05) is 97.1 Å². The van der Waals surface area contributed by atoms with Crippen molar-refractivity contribution >= 4 is 9.84 Å². The molecule has 4 aromatic carbocycles. The van der Waals surface area contributed by atoms with E-state index in [1.165, 1.54) is 0 Å². The SMILES string of the molecule is Cc1[nH]c(-c2ccccc2)c(-c2ccccc2)c1Cc1ccccc1S(=O)(=O)c1ccccc1. The maximum Gasteiger partial charge on any atom is 0.206 e. The van der Waals surface area contributed by atoms with E-state index in [9.17, 15) is 8.42 Å². The van der Waals surface area contributed by atoms with Gasteiger partial charge in [0.2, 0.25) is 9.84 Å². The molecular weight excluding hydrogens is 438 g/mol. The second-order valence-corrected chi connectivity index (χ2v) is 10.2. The maximum absolute atomic E-state index is 13.5. The minimum atomic E-state index is -3.64. The highest BCUT2D eigenvalue weighted by atomic mass is 32.2. The zero-order valence-electron chi connectivity index (χ0n) is 18.9. The molecule has 0 atom stereocenters. The van der Waals surface area contributed by atoms with E-state index >= 15 is 0 Å². The Labute approximate surface area is 200 Å². The monoisotopic (exact) mass is 463 g/mol. The number of rotatable bonds is 6. The van der Waals surface area contributed by atoms with Crippen LogP contribution in [0.15, 0.2) is 125 Å². The van der Waals surface area contributed by atoms with Crippen LogP contribution in [-0.4, -0.2) is 13.4 Å². The zero-order valence-corrected chi connectivity index (χ0v) is 19.7. The predicted molar refractivity (Wildman–Crippen MR) is 138 cm³/mol. The van der Waals surface area contributed by atoms with Crippen molar-refractivity contribution < 1.29 is 8.42 Å². The third-order valence-corrected chi connectivity index (χ3v) is 7.99. The van der Waals surface area contributed by atoms with Gasteiger partial charge in [0, 0.05) is 17.7 Å². The molecule has 1 heterocycles. The van der Waals surface area contributed by atoms with Gasteiger partial charge in [0.1, 0.15) is 0 Å². The normalized spacial score (nSPS) is 11.4. The van der Waals surface area contributed by atoms with E-state index in [2.05, 4.69) is 36.2 Å². The summed E-state index contributed by atoms with van der Waals surface area (Å²) < 4.78 is 27.0. The summed E-state index contributed by atoms with van der Waals surface area (Å²) >= 11 is 0. The summed E-state index contributed by atoms with van der Waals surface area (Å²) in [6.45, 7) is 2.06. The van der Waals surface area contributed by atoms with Crippen LogP contribution < -0.4 is 0 Å². The van der Waals surface area contributed by atoms with Crippen LogP contribution in [0.25, 0.3) is 22.4 Å². The largest absolute Gasteiger partial charge is 0.358 e. The molecule has 0 fully saturated rings. The van der Waals surface area contributed by atoms with Crippen molar-refractivity contribution in [3.63, 3.8) is 0 Å². The number of hydrogen-bond acceptors (Lipinski definition) is 2. The number of H-pyrrole nitrogens is 1. The summed E-state index contributed by atoms with van der Waals surface area (Å²) in [7, 11) is -3.64. The molecule has 0 aliphatic carbocycles. The molecule has 0 radical (unpaired) electrons. The molecule has 0 amide bonds. The molecule has 0 spiro atoms. The average molecular weight is 464 g/mol.